The van der Waals surface area contributed by atoms with Crippen LogP contribution in [-0.4, -0.2) is 11.9 Å². The number of amides is 1. The van der Waals surface area contributed by atoms with Crippen LogP contribution in [0.5, 0.6) is 0 Å². The Morgan fingerprint density at radius 3 is 2.36 bits per heavy atom. The van der Waals surface area contributed by atoms with E-state index < -0.39 is 11.9 Å². The summed E-state index contributed by atoms with van der Waals surface area (Å²) in [5.41, 5.74) is 3.17. The number of carbonyl (C=O) groups is 2. The van der Waals surface area contributed by atoms with Crippen molar-refractivity contribution in [3.05, 3.63) is 65.2 Å². The largest absolute Gasteiger partial charge is 1.00 e. The van der Waals surface area contributed by atoms with E-state index in [2.05, 4.69) is 0 Å². The normalized spacial score (nSPS) is 14.2. The van der Waals surface area contributed by atoms with E-state index in [4.69, 9.17) is 0 Å². The minimum Gasteiger partial charge on any atom is -0.550 e. The van der Waals surface area contributed by atoms with Crippen molar-refractivity contribution in [1.29, 1.82) is 0 Å². The number of benzene rings is 2. The van der Waals surface area contributed by atoms with Gasteiger partial charge in [0.1, 0.15) is 0 Å². The van der Waals surface area contributed by atoms with Gasteiger partial charge in [-0.2, -0.15) is 0 Å². The van der Waals surface area contributed by atoms with E-state index in [9.17, 15) is 14.7 Å². The van der Waals surface area contributed by atoms with Crippen LogP contribution in [0.25, 0.3) is 0 Å². The van der Waals surface area contributed by atoms with Gasteiger partial charge in [-0.15, -0.1) is 0 Å². The molecule has 0 bridgehead atoms. The standard InChI is InChI=1S/C17H15NO3.Na/c1-11(17(20)21)12-6-8-14(9-7-12)18-10-13-4-2-3-5-15(13)16(18)19;/h2-9,11H,10H2,1H3,(H,20,21);/q;+1/p-1. The average Bonchev–Trinajstić information content (AvgIpc) is 2.84. The minimum atomic E-state index is -1.10. The van der Waals surface area contributed by atoms with Crippen molar-refractivity contribution in [2.24, 2.45) is 0 Å². The molecule has 0 saturated heterocycles. The van der Waals surface area contributed by atoms with Crippen LogP contribution in [0.3, 0.4) is 0 Å². The maximum atomic E-state index is 12.3. The van der Waals surface area contributed by atoms with Crippen molar-refractivity contribution < 1.29 is 44.3 Å². The van der Waals surface area contributed by atoms with Gasteiger partial charge in [-0.05, 0) is 29.3 Å². The van der Waals surface area contributed by atoms with Gasteiger partial charge in [-0.1, -0.05) is 37.3 Å². The Hall–Kier alpha value is -1.62. The van der Waals surface area contributed by atoms with Gasteiger partial charge in [0.2, 0.25) is 0 Å². The summed E-state index contributed by atoms with van der Waals surface area (Å²) in [5.74, 6) is -1.79. The molecule has 5 heteroatoms. The first-order chi connectivity index (χ1) is 10.1. The third-order valence-corrected chi connectivity index (χ3v) is 3.88. The summed E-state index contributed by atoms with van der Waals surface area (Å²) in [6.07, 6.45) is 0. The Morgan fingerprint density at radius 2 is 1.77 bits per heavy atom. The molecule has 1 aliphatic heterocycles. The summed E-state index contributed by atoms with van der Waals surface area (Å²) >= 11 is 0. The first-order valence-corrected chi connectivity index (χ1v) is 6.78. The molecule has 2 aromatic carbocycles. The molecule has 22 heavy (non-hydrogen) atoms. The van der Waals surface area contributed by atoms with Crippen LogP contribution >= 0.6 is 0 Å². The van der Waals surface area contributed by atoms with Gasteiger partial charge < -0.3 is 14.8 Å². The Balaban J connectivity index is 0.00000176. The fourth-order valence-electron chi connectivity index (χ4n) is 2.54. The zero-order valence-corrected chi connectivity index (χ0v) is 14.6. The third-order valence-electron chi connectivity index (χ3n) is 3.88. The fourth-order valence-corrected chi connectivity index (χ4v) is 2.54. The van der Waals surface area contributed by atoms with Gasteiger partial charge in [0.15, 0.2) is 0 Å². The summed E-state index contributed by atoms with van der Waals surface area (Å²) in [4.78, 5) is 24.9. The maximum Gasteiger partial charge on any atom is 1.00 e. The summed E-state index contributed by atoms with van der Waals surface area (Å²) < 4.78 is 0. The van der Waals surface area contributed by atoms with Crippen LogP contribution in [0.15, 0.2) is 48.5 Å². The number of hydrogen-bond acceptors (Lipinski definition) is 3. The molecule has 2 aromatic rings. The summed E-state index contributed by atoms with van der Waals surface area (Å²) in [6, 6.07) is 14.5. The predicted octanol–water partition coefficient (Wildman–Crippen LogP) is -1.30. The van der Waals surface area contributed by atoms with Crippen LogP contribution in [-0.2, 0) is 11.3 Å². The number of carboxylic acids is 1. The van der Waals surface area contributed by atoms with Crippen LogP contribution in [0.2, 0.25) is 0 Å². The minimum absolute atomic E-state index is 0. The van der Waals surface area contributed by atoms with Crippen LogP contribution in [0.4, 0.5) is 5.69 Å². The molecule has 0 aliphatic carbocycles. The number of nitrogens with zero attached hydrogens (tertiary/aromatic N) is 1. The van der Waals surface area contributed by atoms with Crippen LogP contribution in [0.1, 0.15) is 34.3 Å². The first kappa shape index (κ1) is 16.7. The molecule has 3 rings (SSSR count). The topological polar surface area (TPSA) is 60.4 Å². The van der Waals surface area contributed by atoms with Crippen molar-refractivity contribution in [1.82, 2.24) is 0 Å². The van der Waals surface area contributed by atoms with E-state index in [1.807, 2.05) is 24.3 Å². The maximum absolute atomic E-state index is 12.3. The number of aliphatic carboxylic acids is 1. The molecular formula is C17H14NNaO3. The van der Waals surface area contributed by atoms with Gasteiger partial charge in [0.05, 0.1) is 6.54 Å². The van der Waals surface area contributed by atoms with E-state index >= 15 is 0 Å². The van der Waals surface area contributed by atoms with Gasteiger partial charge in [0, 0.05) is 23.1 Å². The average molecular weight is 303 g/mol. The Kier molecular flexibility index (Phi) is 5.06. The summed E-state index contributed by atoms with van der Waals surface area (Å²) in [7, 11) is 0. The zero-order chi connectivity index (χ0) is 15.0. The molecule has 0 fully saturated rings. The van der Waals surface area contributed by atoms with Crippen molar-refractivity contribution in [3.8, 4) is 0 Å². The Labute approximate surface area is 151 Å². The Bertz CT molecular complexity index is 712. The number of fused-ring (bicyclic) bond motifs is 1. The first-order valence-electron chi connectivity index (χ1n) is 6.78. The molecule has 0 spiro atoms. The number of carboxylic acid groups (broad SMARTS) is 1. The number of rotatable bonds is 3. The monoisotopic (exact) mass is 303 g/mol. The molecule has 1 aliphatic rings. The molecule has 1 heterocycles. The molecule has 1 atom stereocenters. The van der Waals surface area contributed by atoms with Crippen molar-refractivity contribution >= 4 is 17.6 Å². The van der Waals surface area contributed by atoms with Gasteiger partial charge in [-0.25, -0.2) is 0 Å². The van der Waals surface area contributed by atoms with Gasteiger partial charge >= 0.3 is 29.6 Å². The zero-order valence-electron chi connectivity index (χ0n) is 12.6. The van der Waals surface area contributed by atoms with E-state index in [0.717, 1.165) is 16.8 Å². The second-order valence-electron chi connectivity index (χ2n) is 5.18. The second-order valence-corrected chi connectivity index (χ2v) is 5.18. The van der Waals surface area contributed by atoms with Crippen molar-refractivity contribution in [2.45, 2.75) is 19.4 Å². The molecule has 0 saturated carbocycles. The number of anilines is 1. The quantitative estimate of drug-likeness (QED) is 0.663. The van der Waals surface area contributed by atoms with Gasteiger partial charge in [-0.3, -0.25) is 4.79 Å². The smallest absolute Gasteiger partial charge is 0.550 e. The molecule has 0 aromatic heterocycles. The molecular weight excluding hydrogens is 289 g/mol. The number of hydrogen-bond donors (Lipinski definition) is 0. The molecule has 106 valence electrons. The third kappa shape index (κ3) is 2.95. The molecule has 1 unspecified atom stereocenters. The molecule has 0 radical (unpaired) electrons. The predicted molar refractivity (Wildman–Crippen MR) is 76.8 cm³/mol. The molecule has 4 nitrogen and oxygen atoms in total. The van der Waals surface area contributed by atoms with E-state index in [1.165, 1.54) is 0 Å². The Morgan fingerprint density at radius 1 is 1.14 bits per heavy atom. The number of carbonyl (C=O) groups excluding carboxylic acids is 2. The van der Waals surface area contributed by atoms with E-state index in [1.54, 1.807) is 36.1 Å². The van der Waals surface area contributed by atoms with Gasteiger partial charge in [0.25, 0.3) is 5.91 Å². The summed E-state index contributed by atoms with van der Waals surface area (Å²) in [5, 5.41) is 10.9. The van der Waals surface area contributed by atoms with Crippen molar-refractivity contribution in [3.63, 3.8) is 0 Å². The van der Waals surface area contributed by atoms with Crippen LogP contribution in [0, 0.1) is 0 Å². The van der Waals surface area contributed by atoms with Crippen molar-refractivity contribution in [2.75, 3.05) is 4.90 Å². The molecule has 0 N–H and O–H groups in total. The summed E-state index contributed by atoms with van der Waals surface area (Å²) in [6.45, 7) is 2.13. The SMILES string of the molecule is CC(C(=O)[O-])c1ccc(N2Cc3ccccc3C2=O)cc1.[Na+]. The fraction of sp³-hybridized carbons (Fsp3) is 0.176. The van der Waals surface area contributed by atoms with Crippen LogP contribution < -0.4 is 39.6 Å². The molecule has 1 amide bonds. The van der Waals surface area contributed by atoms with E-state index in [-0.39, 0.29) is 35.5 Å². The van der Waals surface area contributed by atoms with E-state index in [0.29, 0.717) is 12.1 Å². The second kappa shape index (κ2) is 6.65.